The number of hydrogen-bond acceptors (Lipinski definition) is 13. The van der Waals surface area contributed by atoms with E-state index < -0.39 is 67.5 Å². The fourth-order valence-corrected chi connectivity index (χ4v) is 8.67. The van der Waals surface area contributed by atoms with Crippen LogP contribution in [0.25, 0.3) is 0 Å². The molecule has 4 aromatic rings. The predicted molar refractivity (Wildman–Crippen MR) is 232 cm³/mol. The highest BCUT2D eigenvalue weighted by Gasteiger charge is 2.35. The van der Waals surface area contributed by atoms with Gasteiger partial charge in [0.15, 0.2) is 0 Å². The zero-order chi connectivity index (χ0) is 49.2. The van der Waals surface area contributed by atoms with Crippen LogP contribution >= 0.6 is 0 Å². The molecule has 2 heterocycles. The smallest absolute Gasteiger partial charge is 0.416 e. The molecule has 2 aliphatic rings. The number of benzene rings is 4. The van der Waals surface area contributed by atoms with E-state index in [1.807, 2.05) is 4.90 Å². The van der Waals surface area contributed by atoms with E-state index in [-0.39, 0.29) is 36.0 Å². The summed E-state index contributed by atoms with van der Waals surface area (Å²) in [5.74, 6) is -0.761. The molecule has 67 heavy (non-hydrogen) atoms. The average Bonchev–Trinajstić information content (AvgIpc) is 3.27. The number of methoxy groups -OCH3 is 1. The van der Waals surface area contributed by atoms with E-state index in [0.29, 0.717) is 64.0 Å². The lowest BCUT2D eigenvalue weighted by molar-refractivity contribution is -0.148. The summed E-state index contributed by atoms with van der Waals surface area (Å²) >= 11 is 0. The van der Waals surface area contributed by atoms with E-state index in [1.54, 1.807) is 4.90 Å². The Hall–Kier alpha value is -5.66. The van der Waals surface area contributed by atoms with Crippen molar-refractivity contribution in [3.63, 3.8) is 0 Å². The zero-order valence-electron chi connectivity index (χ0n) is 36.3. The molecule has 1 N–H and O–H groups in total. The van der Waals surface area contributed by atoms with Crippen molar-refractivity contribution in [1.29, 1.82) is 0 Å². The fourth-order valence-electron chi connectivity index (χ4n) is 6.84. The molecule has 6 rings (SSSR count). The minimum Gasteiger partial charge on any atom is -0.480 e. The van der Waals surface area contributed by atoms with Crippen LogP contribution in [0.15, 0.2) is 97.1 Å². The zero-order valence-corrected chi connectivity index (χ0v) is 37.9. The van der Waals surface area contributed by atoms with Crippen molar-refractivity contribution in [2.75, 3.05) is 93.9 Å². The Morgan fingerprint density at radius 2 is 0.881 bits per heavy atom. The number of carboxylic acids is 1. The third kappa shape index (κ3) is 15.2. The number of halogens is 6. The van der Waals surface area contributed by atoms with Gasteiger partial charge in [-0.25, -0.2) is 16.8 Å². The van der Waals surface area contributed by atoms with Gasteiger partial charge in [0.1, 0.15) is 35.1 Å². The van der Waals surface area contributed by atoms with Crippen LogP contribution in [0, 0.1) is 0 Å². The van der Waals surface area contributed by atoms with Crippen LogP contribution in [-0.2, 0) is 56.2 Å². The first kappa shape index (κ1) is 52.3. The largest absolute Gasteiger partial charge is 0.480 e. The molecular weight excluding hydrogens is 943 g/mol. The Morgan fingerprint density at radius 3 is 1.16 bits per heavy atom. The molecule has 0 saturated carbocycles. The number of hydrogen-bond donors (Lipinski definition) is 1. The maximum atomic E-state index is 12.7. The number of sulfonamides is 2. The molecule has 0 bridgehead atoms. The van der Waals surface area contributed by atoms with Crippen LogP contribution in [0.1, 0.15) is 11.1 Å². The Morgan fingerprint density at radius 1 is 0.582 bits per heavy atom. The number of carbonyl (C=O) groups is 2. The van der Waals surface area contributed by atoms with Crippen LogP contribution in [0.4, 0.5) is 37.7 Å². The second kappa shape index (κ2) is 22.4. The second-order valence-corrected chi connectivity index (χ2v) is 18.8. The summed E-state index contributed by atoms with van der Waals surface area (Å²) in [6.07, 6.45) is -6.88. The van der Waals surface area contributed by atoms with E-state index in [4.69, 9.17) is 23.7 Å². The van der Waals surface area contributed by atoms with Crippen molar-refractivity contribution >= 4 is 43.4 Å². The number of rotatable bonds is 16. The molecule has 366 valence electrons. The van der Waals surface area contributed by atoms with Crippen molar-refractivity contribution in [3.8, 4) is 23.0 Å². The van der Waals surface area contributed by atoms with Crippen LogP contribution in [-0.4, -0.2) is 141 Å². The number of nitrogens with zero attached hydrogens (tertiary/aromatic N) is 4. The number of anilines is 2. The molecular formula is C43H48F6N4O12S2. The standard InChI is InChI=1S/C22H25F3N2O6S.C21H23F3N2O6S/c1-31-21(28)20(26-11-13-32-14-12-26)15-27(34(2,29)30)17-5-9-19(10-6-17)33-18-7-3-16(4-8-18)22(23,24)25;1-33(29,30)26(14-19(20(27)28)25-10-12-31-13-11-25)16-4-8-18(9-5-16)32-17-6-2-15(3-7-17)21(22,23)24/h3-10,20H,11-15H2,1-2H3;2-9,19H,10-14H2,1H3,(H,27,28)/t20-;19-/m00/s1. The molecule has 2 atom stereocenters. The third-order valence-electron chi connectivity index (χ3n) is 10.3. The molecule has 0 unspecified atom stereocenters. The number of ether oxygens (including phenoxy) is 5. The van der Waals surface area contributed by atoms with E-state index in [2.05, 4.69) is 0 Å². The number of esters is 1. The van der Waals surface area contributed by atoms with Gasteiger partial charge in [-0.15, -0.1) is 0 Å². The minimum atomic E-state index is -4.45. The Labute approximate surface area is 383 Å². The van der Waals surface area contributed by atoms with Gasteiger partial charge in [0.2, 0.25) is 20.0 Å². The van der Waals surface area contributed by atoms with Gasteiger partial charge in [-0.2, -0.15) is 26.3 Å². The Kier molecular flexibility index (Phi) is 17.5. The first-order valence-corrected chi connectivity index (χ1v) is 23.9. The monoisotopic (exact) mass is 990 g/mol. The summed E-state index contributed by atoms with van der Waals surface area (Å²) in [5.41, 5.74) is -1.07. The summed E-state index contributed by atoms with van der Waals surface area (Å²) in [6.45, 7) is 2.75. The molecule has 2 fully saturated rings. The van der Waals surface area contributed by atoms with Crippen molar-refractivity contribution in [2.45, 2.75) is 24.4 Å². The lowest BCUT2D eigenvalue weighted by Crippen LogP contribution is -2.53. The highest BCUT2D eigenvalue weighted by atomic mass is 32.2. The molecule has 0 spiro atoms. The number of alkyl halides is 6. The summed E-state index contributed by atoms with van der Waals surface area (Å²) in [5, 5.41) is 9.67. The van der Waals surface area contributed by atoms with Crippen LogP contribution in [0.5, 0.6) is 23.0 Å². The van der Waals surface area contributed by atoms with Gasteiger partial charge in [0.05, 0.1) is 81.6 Å². The molecule has 16 nitrogen and oxygen atoms in total. The fraction of sp³-hybridized carbons (Fsp3) is 0.395. The summed E-state index contributed by atoms with van der Waals surface area (Å²) in [7, 11) is -6.33. The number of carboxylic acid groups (broad SMARTS) is 1. The van der Waals surface area contributed by atoms with Crippen molar-refractivity contribution < 1.29 is 81.6 Å². The van der Waals surface area contributed by atoms with Crippen molar-refractivity contribution in [1.82, 2.24) is 9.80 Å². The summed E-state index contributed by atoms with van der Waals surface area (Å²) in [4.78, 5) is 27.7. The molecule has 2 saturated heterocycles. The van der Waals surface area contributed by atoms with Crippen molar-refractivity contribution in [3.05, 3.63) is 108 Å². The van der Waals surface area contributed by atoms with Gasteiger partial charge >= 0.3 is 24.3 Å². The molecule has 0 radical (unpaired) electrons. The maximum Gasteiger partial charge on any atom is 0.416 e. The van der Waals surface area contributed by atoms with Gasteiger partial charge in [-0.05, 0) is 97.1 Å². The number of morpholine rings is 2. The van der Waals surface area contributed by atoms with Gasteiger partial charge in [0, 0.05) is 26.2 Å². The first-order chi connectivity index (χ1) is 31.4. The SMILES string of the molecule is COC(=O)[C@H](CN(c1ccc(Oc2ccc(C(F)(F)F)cc2)cc1)S(C)(=O)=O)N1CCOCC1.CS(=O)(=O)N(C[C@@H](C(=O)O)N1CCOCC1)c1ccc(Oc2ccc(C(F)(F)F)cc2)cc1. The quantitative estimate of drug-likeness (QED) is 0.0992. The van der Waals surface area contributed by atoms with Crippen LogP contribution in [0.2, 0.25) is 0 Å². The normalized spacial score (nSPS) is 16.1. The summed E-state index contributed by atoms with van der Waals surface area (Å²) in [6, 6.07) is 18.2. The minimum absolute atomic E-state index is 0.162. The van der Waals surface area contributed by atoms with E-state index in [0.717, 1.165) is 45.4 Å². The summed E-state index contributed by atoms with van der Waals surface area (Å²) < 4.78 is 155. The highest BCUT2D eigenvalue weighted by Crippen LogP contribution is 2.34. The second-order valence-electron chi connectivity index (χ2n) is 15.0. The molecule has 0 amide bonds. The molecule has 0 aliphatic carbocycles. The third-order valence-corrected chi connectivity index (χ3v) is 12.6. The van der Waals surface area contributed by atoms with Crippen LogP contribution < -0.4 is 18.1 Å². The van der Waals surface area contributed by atoms with Crippen LogP contribution in [0.3, 0.4) is 0 Å². The van der Waals surface area contributed by atoms with Gasteiger partial charge in [-0.3, -0.25) is 28.0 Å². The molecule has 2 aliphatic heterocycles. The predicted octanol–water partition coefficient (Wildman–Crippen LogP) is 6.19. The number of aliphatic carboxylic acids is 1. The Bertz CT molecular complexity index is 2470. The average molecular weight is 991 g/mol. The van der Waals surface area contributed by atoms with Gasteiger partial charge < -0.3 is 28.8 Å². The van der Waals surface area contributed by atoms with Crippen molar-refractivity contribution in [2.24, 2.45) is 0 Å². The van der Waals surface area contributed by atoms with E-state index >= 15 is 0 Å². The van der Waals surface area contributed by atoms with E-state index in [1.165, 1.54) is 79.9 Å². The molecule has 4 aromatic carbocycles. The van der Waals surface area contributed by atoms with Gasteiger partial charge in [-0.1, -0.05) is 0 Å². The number of carbonyl (C=O) groups excluding carboxylic acids is 1. The highest BCUT2D eigenvalue weighted by molar-refractivity contribution is 7.92. The molecule has 0 aromatic heterocycles. The molecule has 24 heteroatoms. The lowest BCUT2D eigenvalue weighted by atomic mass is 10.2. The van der Waals surface area contributed by atoms with E-state index in [9.17, 15) is 57.9 Å². The first-order valence-electron chi connectivity index (χ1n) is 20.2. The maximum absolute atomic E-state index is 12.7. The topological polar surface area (TPSA) is 182 Å². The lowest BCUT2D eigenvalue weighted by Gasteiger charge is -2.35. The van der Waals surface area contributed by atoms with Gasteiger partial charge in [0.25, 0.3) is 0 Å². The Balaban J connectivity index is 0.000000251.